The maximum Gasteiger partial charge on any atom is 0.321 e. The van der Waals surface area contributed by atoms with E-state index in [0.717, 1.165) is 16.3 Å². The van der Waals surface area contributed by atoms with E-state index in [1.54, 1.807) is 36.2 Å². The highest BCUT2D eigenvalue weighted by molar-refractivity contribution is 5.96. The van der Waals surface area contributed by atoms with Crippen LogP contribution in [-0.2, 0) is 6.54 Å². The van der Waals surface area contributed by atoms with Gasteiger partial charge in [-0.1, -0.05) is 42.5 Å². The second-order valence-corrected chi connectivity index (χ2v) is 8.21. The third-order valence-corrected chi connectivity index (χ3v) is 4.52. The molecule has 0 aliphatic rings. The van der Waals surface area contributed by atoms with Crippen LogP contribution in [0.1, 0.15) is 36.7 Å². The maximum absolute atomic E-state index is 12.6. The minimum Gasteiger partial charge on any atom is -0.347 e. The van der Waals surface area contributed by atoms with E-state index in [2.05, 4.69) is 28.8 Å². The molecule has 2 N–H and O–H groups in total. The summed E-state index contributed by atoms with van der Waals surface area (Å²) >= 11 is 0. The number of nitrogens with one attached hydrogen (secondary N) is 2. The predicted molar refractivity (Wildman–Crippen MR) is 118 cm³/mol. The van der Waals surface area contributed by atoms with Gasteiger partial charge in [0, 0.05) is 30.4 Å². The Hall–Kier alpha value is -3.34. The number of carbonyl (C=O) groups excluding carboxylic acids is 2. The topological polar surface area (TPSA) is 61.4 Å². The van der Waals surface area contributed by atoms with Crippen molar-refractivity contribution < 1.29 is 9.59 Å². The average Bonchev–Trinajstić information content (AvgIpc) is 2.67. The quantitative estimate of drug-likeness (QED) is 0.657. The molecule has 3 rings (SSSR count). The molecule has 0 heterocycles. The molecule has 3 amide bonds. The standard InChI is InChI=1S/C24H27N3O2/c1-24(2,3)26-22(28)18-12-14-20(15-13-18)25-23(29)27(4)16-19-10-7-9-17-8-5-6-11-21(17)19/h5-15H,16H2,1-4H3,(H,25,29)(H,26,28). The van der Waals surface area contributed by atoms with Gasteiger partial charge in [-0.3, -0.25) is 4.79 Å². The number of benzene rings is 3. The van der Waals surface area contributed by atoms with Gasteiger partial charge < -0.3 is 15.5 Å². The van der Waals surface area contributed by atoms with E-state index in [-0.39, 0.29) is 17.5 Å². The second kappa shape index (κ2) is 8.35. The van der Waals surface area contributed by atoms with Crippen LogP contribution < -0.4 is 10.6 Å². The number of amides is 3. The van der Waals surface area contributed by atoms with Crippen molar-refractivity contribution in [3.63, 3.8) is 0 Å². The van der Waals surface area contributed by atoms with Gasteiger partial charge in [0.25, 0.3) is 5.91 Å². The summed E-state index contributed by atoms with van der Waals surface area (Å²) in [6, 6.07) is 20.9. The summed E-state index contributed by atoms with van der Waals surface area (Å²) in [5, 5.41) is 8.10. The molecular weight excluding hydrogens is 362 g/mol. The molecule has 0 aliphatic heterocycles. The summed E-state index contributed by atoms with van der Waals surface area (Å²) in [5.41, 5.74) is 2.00. The summed E-state index contributed by atoms with van der Waals surface area (Å²) in [7, 11) is 1.77. The first-order chi connectivity index (χ1) is 13.7. The fourth-order valence-electron chi connectivity index (χ4n) is 3.09. The van der Waals surface area contributed by atoms with Crippen LogP contribution in [0.25, 0.3) is 10.8 Å². The third-order valence-electron chi connectivity index (χ3n) is 4.52. The Bertz CT molecular complexity index is 1010. The van der Waals surface area contributed by atoms with E-state index in [1.165, 1.54) is 0 Å². The van der Waals surface area contributed by atoms with E-state index >= 15 is 0 Å². The van der Waals surface area contributed by atoms with Gasteiger partial charge in [-0.05, 0) is 61.4 Å². The molecule has 150 valence electrons. The predicted octanol–water partition coefficient (Wildman–Crippen LogP) is 5.03. The number of nitrogens with zero attached hydrogens (tertiary/aromatic N) is 1. The van der Waals surface area contributed by atoms with E-state index in [1.807, 2.05) is 45.0 Å². The molecule has 3 aromatic carbocycles. The fourth-order valence-corrected chi connectivity index (χ4v) is 3.09. The maximum atomic E-state index is 12.6. The minimum atomic E-state index is -0.297. The van der Waals surface area contributed by atoms with Crippen molar-refractivity contribution in [3.05, 3.63) is 77.9 Å². The minimum absolute atomic E-state index is 0.136. The van der Waals surface area contributed by atoms with E-state index in [4.69, 9.17) is 0 Å². The van der Waals surface area contributed by atoms with Crippen LogP contribution in [0.15, 0.2) is 66.7 Å². The van der Waals surface area contributed by atoms with E-state index < -0.39 is 0 Å². The van der Waals surface area contributed by atoms with Crippen molar-refractivity contribution >= 4 is 28.4 Å². The normalized spacial score (nSPS) is 11.2. The van der Waals surface area contributed by atoms with Crippen LogP contribution >= 0.6 is 0 Å². The van der Waals surface area contributed by atoms with E-state index in [0.29, 0.717) is 17.8 Å². The molecule has 0 bridgehead atoms. The van der Waals surface area contributed by atoms with Gasteiger partial charge >= 0.3 is 6.03 Å². The van der Waals surface area contributed by atoms with Gasteiger partial charge in [-0.15, -0.1) is 0 Å². The van der Waals surface area contributed by atoms with Gasteiger partial charge in [-0.2, -0.15) is 0 Å². The zero-order valence-electron chi connectivity index (χ0n) is 17.3. The highest BCUT2D eigenvalue weighted by Gasteiger charge is 2.16. The van der Waals surface area contributed by atoms with Crippen LogP contribution in [-0.4, -0.2) is 29.4 Å². The zero-order valence-corrected chi connectivity index (χ0v) is 17.3. The zero-order chi connectivity index (χ0) is 21.0. The molecule has 0 atom stereocenters. The Labute approximate surface area is 171 Å². The van der Waals surface area contributed by atoms with Crippen LogP contribution in [0.5, 0.6) is 0 Å². The number of fused-ring (bicyclic) bond motifs is 1. The van der Waals surface area contributed by atoms with Crippen molar-refractivity contribution in [1.82, 2.24) is 10.2 Å². The second-order valence-electron chi connectivity index (χ2n) is 8.21. The van der Waals surface area contributed by atoms with Crippen molar-refractivity contribution in [3.8, 4) is 0 Å². The molecule has 0 radical (unpaired) electrons. The molecule has 0 spiro atoms. The molecule has 5 nitrogen and oxygen atoms in total. The number of rotatable bonds is 4. The summed E-state index contributed by atoms with van der Waals surface area (Å²) in [4.78, 5) is 26.4. The summed E-state index contributed by atoms with van der Waals surface area (Å²) in [6.07, 6.45) is 0. The van der Waals surface area contributed by atoms with Crippen LogP contribution in [0, 0.1) is 0 Å². The van der Waals surface area contributed by atoms with Crippen LogP contribution in [0.2, 0.25) is 0 Å². The lowest BCUT2D eigenvalue weighted by Gasteiger charge is -2.21. The van der Waals surface area contributed by atoms with E-state index in [9.17, 15) is 9.59 Å². The van der Waals surface area contributed by atoms with Gasteiger partial charge in [0.05, 0.1) is 0 Å². The van der Waals surface area contributed by atoms with Crippen LogP contribution in [0.4, 0.5) is 10.5 Å². The first-order valence-electron chi connectivity index (χ1n) is 9.64. The largest absolute Gasteiger partial charge is 0.347 e. The Balaban J connectivity index is 1.64. The monoisotopic (exact) mass is 389 g/mol. The molecule has 0 saturated heterocycles. The van der Waals surface area contributed by atoms with Gasteiger partial charge in [0.15, 0.2) is 0 Å². The highest BCUT2D eigenvalue weighted by atomic mass is 16.2. The van der Waals surface area contributed by atoms with Crippen molar-refractivity contribution in [2.45, 2.75) is 32.9 Å². The molecule has 29 heavy (non-hydrogen) atoms. The lowest BCUT2D eigenvalue weighted by molar-refractivity contribution is 0.0919. The summed E-state index contributed by atoms with van der Waals surface area (Å²) < 4.78 is 0. The molecule has 5 heteroatoms. The van der Waals surface area contributed by atoms with Gasteiger partial charge in [0.2, 0.25) is 0 Å². The van der Waals surface area contributed by atoms with Crippen molar-refractivity contribution in [2.75, 3.05) is 12.4 Å². The van der Waals surface area contributed by atoms with Gasteiger partial charge in [0.1, 0.15) is 0 Å². The number of carbonyl (C=O) groups is 2. The Morgan fingerprint density at radius 2 is 1.55 bits per heavy atom. The molecule has 0 fully saturated rings. The summed E-state index contributed by atoms with van der Waals surface area (Å²) in [5.74, 6) is -0.136. The van der Waals surface area contributed by atoms with Gasteiger partial charge in [-0.25, -0.2) is 4.79 Å². The SMILES string of the molecule is CN(Cc1cccc2ccccc12)C(=O)Nc1ccc(C(=O)NC(C)(C)C)cc1. The molecule has 0 aromatic heterocycles. The lowest BCUT2D eigenvalue weighted by Crippen LogP contribution is -2.40. The molecule has 3 aromatic rings. The molecular formula is C24H27N3O2. The first-order valence-corrected chi connectivity index (χ1v) is 9.64. The Morgan fingerprint density at radius 3 is 2.24 bits per heavy atom. The fraction of sp³-hybridized carbons (Fsp3) is 0.250. The van der Waals surface area contributed by atoms with Crippen molar-refractivity contribution in [2.24, 2.45) is 0 Å². The number of hydrogen-bond acceptors (Lipinski definition) is 2. The third kappa shape index (κ3) is 5.35. The Morgan fingerprint density at radius 1 is 0.897 bits per heavy atom. The first kappa shape index (κ1) is 20.4. The van der Waals surface area contributed by atoms with Crippen molar-refractivity contribution in [1.29, 1.82) is 0 Å². The lowest BCUT2D eigenvalue weighted by atomic mass is 10.0. The van der Waals surface area contributed by atoms with Crippen LogP contribution in [0.3, 0.4) is 0 Å². The Kier molecular flexibility index (Phi) is 5.87. The molecule has 0 aliphatic carbocycles. The summed E-state index contributed by atoms with van der Waals surface area (Å²) in [6.45, 7) is 6.31. The number of hydrogen-bond donors (Lipinski definition) is 2. The smallest absolute Gasteiger partial charge is 0.321 e. The number of urea groups is 1. The average molecular weight is 389 g/mol. The highest BCUT2D eigenvalue weighted by Crippen LogP contribution is 2.20. The molecule has 0 unspecified atom stereocenters. The molecule has 0 saturated carbocycles. The number of anilines is 1.